The van der Waals surface area contributed by atoms with Gasteiger partial charge in [-0.15, -0.1) is 0 Å². The van der Waals surface area contributed by atoms with Gasteiger partial charge in [0.05, 0.1) is 27.9 Å². The molecule has 1 heterocycles. The number of carbonyl (C=O) groups is 2. The second kappa shape index (κ2) is 12.6. The number of phenols is 1. The fourth-order valence-corrected chi connectivity index (χ4v) is 7.35. The number of fused-ring (bicyclic) bond motifs is 1. The monoisotopic (exact) mass is 622 g/mol. The van der Waals surface area contributed by atoms with Crippen LogP contribution in [0.15, 0.2) is 44.0 Å². The van der Waals surface area contributed by atoms with Crippen LogP contribution in [-0.2, 0) is 11.2 Å². The number of Topliss-reactive ketones (excluding diaryl/α,β-unsaturated/α-hetero) is 2. The summed E-state index contributed by atoms with van der Waals surface area (Å²) in [7, 11) is 0. The molecule has 3 atom stereocenters. The van der Waals surface area contributed by atoms with Crippen LogP contribution in [0.2, 0.25) is 0 Å². The Labute approximate surface area is 249 Å². The summed E-state index contributed by atoms with van der Waals surface area (Å²) < 4.78 is 6.78. The van der Waals surface area contributed by atoms with Crippen LogP contribution in [0.5, 0.6) is 5.75 Å². The van der Waals surface area contributed by atoms with Crippen molar-refractivity contribution in [3.63, 3.8) is 0 Å². The van der Waals surface area contributed by atoms with Gasteiger partial charge in [0, 0.05) is 23.5 Å². The summed E-state index contributed by atoms with van der Waals surface area (Å²) in [6.07, 6.45) is 8.42. The van der Waals surface area contributed by atoms with Crippen LogP contribution in [0.3, 0.4) is 0 Å². The highest BCUT2D eigenvalue weighted by Gasteiger charge is 2.29. The SMILES string of the molecule is Cc1cc(C(C)O)c2oc(C3CCCC(Cc4cc(Br)c(O)c(C(=O)CC(=O)C5CCCCC5)c4)C3)cc(=O)c2c1. The molecule has 1 aromatic heterocycles. The van der Waals surface area contributed by atoms with Crippen molar-refractivity contribution in [3.8, 4) is 5.75 Å². The molecule has 0 amide bonds. The lowest BCUT2D eigenvalue weighted by molar-refractivity contribution is -0.122. The highest BCUT2D eigenvalue weighted by Crippen LogP contribution is 2.40. The first-order valence-corrected chi connectivity index (χ1v) is 15.7. The molecule has 2 aliphatic rings. The summed E-state index contributed by atoms with van der Waals surface area (Å²) in [5.41, 5.74) is 3.03. The summed E-state index contributed by atoms with van der Waals surface area (Å²) in [5, 5.41) is 21.5. The van der Waals surface area contributed by atoms with Crippen LogP contribution in [-0.4, -0.2) is 21.8 Å². The van der Waals surface area contributed by atoms with Crippen molar-refractivity contribution in [3.05, 3.63) is 73.0 Å². The molecule has 0 spiro atoms. The van der Waals surface area contributed by atoms with Crippen LogP contribution in [0, 0.1) is 18.8 Å². The Morgan fingerprint density at radius 2 is 1.78 bits per heavy atom. The highest BCUT2D eigenvalue weighted by molar-refractivity contribution is 9.10. The van der Waals surface area contributed by atoms with E-state index in [4.69, 9.17) is 4.42 Å². The molecular formula is C34H39BrO6. The van der Waals surface area contributed by atoms with Gasteiger partial charge in [-0.25, -0.2) is 0 Å². The Morgan fingerprint density at radius 1 is 1.02 bits per heavy atom. The Balaban J connectivity index is 1.34. The van der Waals surface area contributed by atoms with E-state index in [1.54, 1.807) is 19.1 Å². The third kappa shape index (κ3) is 6.67. The number of rotatable bonds is 8. The quantitative estimate of drug-likeness (QED) is 0.196. The fourth-order valence-electron chi connectivity index (χ4n) is 6.84. The lowest BCUT2D eigenvalue weighted by Gasteiger charge is -2.29. The van der Waals surface area contributed by atoms with Gasteiger partial charge < -0.3 is 14.6 Å². The molecule has 2 aliphatic carbocycles. The molecule has 0 bridgehead atoms. The molecule has 0 saturated heterocycles. The molecular weight excluding hydrogens is 584 g/mol. The van der Waals surface area contributed by atoms with Gasteiger partial charge in [0.25, 0.3) is 0 Å². The number of halogens is 1. The van der Waals surface area contributed by atoms with E-state index in [2.05, 4.69) is 15.9 Å². The number of phenolic OH excluding ortho intramolecular Hbond substituents is 1. The van der Waals surface area contributed by atoms with E-state index in [1.807, 2.05) is 25.1 Å². The zero-order valence-corrected chi connectivity index (χ0v) is 25.5. The van der Waals surface area contributed by atoms with Gasteiger partial charge in [0.15, 0.2) is 11.2 Å². The largest absolute Gasteiger partial charge is 0.506 e. The number of hydrogen-bond donors (Lipinski definition) is 2. The minimum Gasteiger partial charge on any atom is -0.506 e. The Bertz CT molecular complexity index is 1510. The number of hydrogen-bond acceptors (Lipinski definition) is 6. The first kappa shape index (κ1) is 29.7. The molecule has 41 heavy (non-hydrogen) atoms. The van der Waals surface area contributed by atoms with Crippen molar-refractivity contribution < 1.29 is 24.2 Å². The molecule has 2 aromatic carbocycles. The maximum Gasteiger partial charge on any atom is 0.192 e. The lowest BCUT2D eigenvalue weighted by atomic mass is 9.77. The maximum atomic E-state index is 13.1. The second-order valence-corrected chi connectivity index (χ2v) is 13.1. The number of aromatic hydroxyl groups is 1. The summed E-state index contributed by atoms with van der Waals surface area (Å²) in [6, 6.07) is 8.88. The van der Waals surface area contributed by atoms with Gasteiger partial charge in [0.2, 0.25) is 0 Å². The lowest BCUT2D eigenvalue weighted by Crippen LogP contribution is -2.21. The zero-order valence-electron chi connectivity index (χ0n) is 23.9. The molecule has 3 aromatic rings. The van der Waals surface area contributed by atoms with Crippen molar-refractivity contribution in [2.24, 2.45) is 11.8 Å². The molecule has 0 aliphatic heterocycles. The highest BCUT2D eigenvalue weighted by atomic mass is 79.9. The van der Waals surface area contributed by atoms with Crippen molar-refractivity contribution in [2.45, 2.75) is 96.5 Å². The predicted molar refractivity (Wildman–Crippen MR) is 163 cm³/mol. The van der Waals surface area contributed by atoms with Gasteiger partial charge in [0.1, 0.15) is 22.9 Å². The van der Waals surface area contributed by atoms with E-state index in [0.29, 0.717) is 39.1 Å². The van der Waals surface area contributed by atoms with Crippen LogP contribution < -0.4 is 5.43 Å². The number of ketones is 2. The molecule has 5 rings (SSSR count). The summed E-state index contributed by atoms with van der Waals surface area (Å²) in [5.74, 6) is 0.522. The van der Waals surface area contributed by atoms with Crippen LogP contribution in [0.4, 0.5) is 0 Å². The van der Waals surface area contributed by atoms with Crippen LogP contribution in [0.25, 0.3) is 11.0 Å². The molecule has 2 fully saturated rings. The second-order valence-electron chi connectivity index (χ2n) is 12.2. The fraction of sp³-hybridized carbons (Fsp3) is 0.500. The minimum absolute atomic E-state index is 0.0171. The number of benzene rings is 2. The van der Waals surface area contributed by atoms with Crippen molar-refractivity contribution >= 4 is 38.5 Å². The van der Waals surface area contributed by atoms with Crippen molar-refractivity contribution in [1.82, 2.24) is 0 Å². The third-order valence-corrected chi connectivity index (χ3v) is 9.60. The van der Waals surface area contributed by atoms with Crippen LogP contribution in [0.1, 0.15) is 116 Å². The predicted octanol–water partition coefficient (Wildman–Crippen LogP) is 7.86. The molecule has 2 saturated carbocycles. The molecule has 218 valence electrons. The number of carbonyl (C=O) groups excluding carboxylic acids is 2. The Hall–Kier alpha value is -2.77. The van der Waals surface area contributed by atoms with Gasteiger partial charge >= 0.3 is 0 Å². The average Bonchev–Trinajstić information content (AvgIpc) is 2.95. The van der Waals surface area contributed by atoms with E-state index in [9.17, 15) is 24.6 Å². The van der Waals surface area contributed by atoms with Crippen LogP contribution >= 0.6 is 15.9 Å². The van der Waals surface area contributed by atoms with E-state index in [-0.39, 0.29) is 46.6 Å². The van der Waals surface area contributed by atoms with E-state index >= 15 is 0 Å². The first-order chi connectivity index (χ1) is 19.6. The average molecular weight is 624 g/mol. The molecule has 2 N–H and O–H groups in total. The molecule has 7 heteroatoms. The molecule has 3 unspecified atom stereocenters. The number of aryl methyl sites for hydroxylation is 1. The Morgan fingerprint density at radius 3 is 2.51 bits per heavy atom. The van der Waals surface area contributed by atoms with Gasteiger partial charge in [-0.2, -0.15) is 0 Å². The summed E-state index contributed by atoms with van der Waals surface area (Å²) >= 11 is 3.42. The van der Waals surface area contributed by atoms with Gasteiger partial charge in [-0.1, -0.05) is 32.1 Å². The van der Waals surface area contributed by atoms with E-state index in [0.717, 1.165) is 68.9 Å². The number of aliphatic hydroxyl groups excluding tert-OH is 1. The summed E-state index contributed by atoms with van der Waals surface area (Å²) in [4.78, 5) is 39.0. The topological polar surface area (TPSA) is 105 Å². The molecule has 6 nitrogen and oxygen atoms in total. The molecule has 0 radical (unpaired) electrons. The van der Waals surface area contributed by atoms with Crippen molar-refractivity contribution in [2.75, 3.05) is 0 Å². The normalized spacial score (nSPS) is 20.7. The van der Waals surface area contributed by atoms with Crippen molar-refractivity contribution in [1.29, 1.82) is 0 Å². The summed E-state index contributed by atoms with van der Waals surface area (Å²) in [6.45, 7) is 3.58. The van der Waals surface area contributed by atoms with Gasteiger partial charge in [-0.3, -0.25) is 14.4 Å². The van der Waals surface area contributed by atoms with E-state index in [1.165, 1.54) is 0 Å². The Kier molecular flexibility index (Phi) is 9.15. The minimum atomic E-state index is -0.752. The standard InChI is InChI=1S/C34H39BrO6/c1-19-11-25(20(2)36)34-27(12-19)31(39)18-32(41-34)24-10-6-7-21(14-24)13-22-15-26(33(40)28(35)16-22)30(38)17-29(37)23-8-4-3-5-9-23/h11-12,15-16,18,20-21,23-24,36,40H,3-10,13-14,17H2,1-2H3. The number of aliphatic hydroxyl groups is 1. The third-order valence-electron chi connectivity index (χ3n) is 9.00. The first-order valence-electron chi connectivity index (χ1n) is 14.9. The zero-order chi connectivity index (χ0) is 29.3. The smallest absolute Gasteiger partial charge is 0.192 e. The maximum absolute atomic E-state index is 13.1. The van der Waals surface area contributed by atoms with E-state index < -0.39 is 6.10 Å². The van der Waals surface area contributed by atoms with Gasteiger partial charge in [-0.05, 0) is 103 Å².